The summed E-state index contributed by atoms with van der Waals surface area (Å²) in [6, 6.07) is -0.366. The third-order valence-corrected chi connectivity index (χ3v) is 7.81. The lowest BCUT2D eigenvalue weighted by atomic mass is 10.0. The van der Waals surface area contributed by atoms with Gasteiger partial charge in [-0.3, -0.25) is 19.2 Å². The van der Waals surface area contributed by atoms with Crippen molar-refractivity contribution in [1.29, 1.82) is 0 Å². The van der Waals surface area contributed by atoms with Gasteiger partial charge in [0.1, 0.15) is 25.8 Å². The van der Waals surface area contributed by atoms with Crippen molar-refractivity contribution in [3.05, 3.63) is 0 Å². The topological polar surface area (TPSA) is 196 Å². The van der Waals surface area contributed by atoms with E-state index in [-0.39, 0.29) is 76.1 Å². The summed E-state index contributed by atoms with van der Waals surface area (Å²) < 4.78 is 20.8. The Morgan fingerprint density at radius 1 is 0.520 bits per heavy atom. The SMILES string of the molecule is O=CCOCCOCCNC(=O)COCCOCCNC(=O)CC[C@@H](CC=O)NC(=O)CCCCCCCCCCCCCCCCC(=O)O. The number of aldehydes is 2. The van der Waals surface area contributed by atoms with Gasteiger partial charge in [0.15, 0.2) is 0 Å². The van der Waals surface area contributed by atoms with Crippen molar-refractivity contribution in [3.63, 3.8) is 0 Å². The third kappa shape index (κ3) is 36.3. The number of aliphatic carboxylic acids is 1. The molecular weight excluding hydrogens is 650 g/mol. The minimum Gasteiger partial charge on any atom is -0.481 e. The van der Waals surface area contributed by atoms with Gasteiger partial charge in [0, 0.05) is 44.8 Å². The van der Waals surface area contributed by atoms with E-state index in [1.54, 1.807) is 0 Å². The zero-order valence-electron chi connectivity index (χ0n) is 30.3. The largest absolute Gasteiger partial charge is 0.481 e. The molecule has 0 radical (unpaired) electrons. The molecule has 14 nitrogen and oxygen atoms in total. The lowest BCUT2D eigenvalue weighted by molar-refractivity contribution is -0.137. The fraction of sp³-hybridized carbons (Fsp3) is 0.833. The number of carbonyl (C=O) groups excluding carboxylic acids is 5. The summed E-state index contributed by atoms with van der Waals surface area (Å²) in [5.41, 5.74) is 0. The number of ether oxygens (including phenoxy) is 4. The molecule has 3 amide bonds. The predicted molar refractivity (Wildman–Crippen MR) is 189 cm³/mol. The summed E-state index contributed by atoms with van der Waals surface area (Å²) >= 11 is 0. The van der Waals surface area contributed by atoms with Crippen molar-refractivity contribution in [2.45, 2.75) is 128 Å². The Balaban J connectivity index is 3.65. The van der Waals surface area contributed by atoms with Crippen LogP contribution in [0.2, 0.25) is 0 Å². The summed E-state index contributed by atoms with van der Waals surface area (Å²) in [5.74, 6) is -1.25. The molecule has 0 bridgehead atoms. The average molecular weight is 716 g/mol. The molecule has 4 N–H and O–H groups in total. The average Bonchev–Trinajstić information content (AvgIpc) is 3.09. The Kier molecular flexibility index (Phi) is 35.1. The number of carboxylic acid groups (broad SMARTS) is 1. The Bertz CT molecular complexity index is 876. The van der Waals surface area contributed by atoms with E-state index < -0.39 is 5.97 Å². The van der Waals surface area contributed by atoms with Gasteiger partial charge in [-0.25, -0.2) is 0 Å². The summed E-state index contributed by atoms with van der Waals surface area (Å²) in [6.45, 7) is 2.32. The first-order valence-corrected chi connectivity index (χ1v) is 18.6. The maximum absolute atomic E-state index is 12.4. The standard InChI is InChI=1S/C36H65N3O11/c40-22-19-32(39-34(43)15-13-11-9-7-5-3-1-2-4-6-8-10-12-14-16-36(45)46)17-18-33(42)37-20-24-48-29-30-50-31-35(44)38-21-25-47-27-28-49-26-23-41/h22-23,32H,1-21,24-31H2,(H,37,42)(H,38,44)(H,39,43)(H,45,46)/t32-/m0/s1. The van der Waals surface area contributed by atoms with Crippen molar-refractivity contribution >= 4 is 36.3 Å². The monoisotopic (exact) mass is 715 g/mol. The van der Waals surface area contributed by atoms with Crippen molar-refractivity contribution in [1.82, 2.24) is 16.0 Å². The number of hydrogen-bond donors (Lipinski definition) is 4. The smallest absolute Gasteiger partial charge is 0.303 e. The van der Waals surface area contributed by atoms with Gasteiger partial charge in [-0.15, -0.1) is 0 Å². The van der Waals surface area contributed by atoms with Crippen molar-refractivity contribution in [2.24, 2.45) is 0 Å². The van der Waals surface area contributed by atoms with E-state index in [1.165, 1.54) is 51.4 Å². The van der Waals surface area contributed by atoms with Crippen LogP contribution in [0.3, 0.4) is 0 Å². The molecule has 0 aromatic rings. The van der Waals surface area contributed by atoms with E-state index >= 15 is 0 Å². The van der Waals surface area contributed by atoms with Crippen LogP contribution in [0.4, 0.5) is 0 Å². The molecule has 0 aliphatic rings. The third-order valence-electron chi connectivity index (χ3n) is 7.81. The molecule has 0 aliphatic heterocycles. The fourth-order valence-corrected chi connectivity index (χ4v) is 5.05. The van der Waals surface area contributed by atoms with E-state index in [2.05, 4.69) is 16.0 Å². The molecule has 0 unspecified atom stereocenters. The number of carboxylic acids is 1. The van der Waals surface area contributed by atoms with E-state index in [0.29, 0.717) is 52.0 Å². The summed E-state index contributed by atoms with van der Waals surface area (Å²) in [5, 5.41) is 16.9. The number of amides is 3. The normalized spacial score (nSPS) is 11.5. The predicted octanol–water partition coefficient (Wildman–Crippen LogP) is 3.66. The number of rotatable bonds is 39. The number of unbranched alkanes of at least 4 members (excludes halogenated alkanes) is 13. The van der Waals surface area contributed by atoms with Crippen molar-refractivity contribution in [3.8, 4) is 0 Å². The van der Waals surface area contributed by atoms with Crippen LogP contribution in [0, 0.1) is 0 Å². The molecule has 0 aromatic heterocycles. The molecule has 0 saturated carbocycles. The van der Waals surface area contributed by atoms with E-state index in [4.69, 9.17) is 24.1 Å². The molecular formula is C36H65N3O11. The first-order valence-electron chi connectivity index (χ1n) is 18.6. The first kappa shape index (κ1) is 47.1. The number of nitrogens with one attached hydrogen (secondary N) is 3. The highest BCUT2D eigenvalue weighted by molar-refractivity contribution is 5.78. The van der Waals surface area contributed by atoms with Gasteiger partial charge >= 0.3 is 5.97 Å². The van der Waals surface area contributed by atoms with Crippen LogP contribution in [0.15, 0.2) is 0 Å². The van der Waals surface area contributed by atoms with Crippen LogP contribution >= 0.6 is 0 Å². The zero-order valence-corrected chi connectivity index (χ0v) is 30.3. The Morgan fingerprint density at radius 3 is 1.52 bits per heavy atom. The van der Waals surface area contributed by atoms with Crippen LogP contribution in [-0.4, -0.2) is 113 Å². The summed E-state index contributed by atoms with van der Waals surface area (Å²) in [4.78, 5) is 68.0. The Labute approximate surface area is 298 Å². The molecule has 1 atom stereocenters. The molecule has 50 heavy (non-hydrogen) atoms. The molecule has 0 spiro atoms. The highest BCUT2D eigenvalue weighted by atomic mass is 16.5. The van der Waals surface area contributed by atoms with Crippen molar-refractivity contribution in [2.75, 3.05) is 65.9 Å². The second-order valence-corrected chi connectivity index (χ2v) is 12.3. The lowest BCUT2D eigenvalue weighted by Gasteiger charge is -2.16. The summed E-state index contributed by atoms with van der Waals surface area (Å²) in [7, 11) is 0. The second kappa shape index (κ2) is 37.3. The van der Waals surface area contributed by atoms with Crippen LogP contribution in [-0.2, 0) is 47.7 Å². The van der Waals surface area contributed by atoms with Gasteiger partial charge in [-0.05, 0) is 19.3 Å². The van der Waals surface area contributed by atoms with Gasteiger partial charge in [-0.1, -0.05) is 77.0 Å². The molecule has 290 valence electrons. The van der Waals surface area contributed by atoms with Crippen LogP contribution in [0.25, 0.3) is 0 Å². The Morgan fingerprint density at radius 2 is 1.00 bits per heavy atom. The van der Waals surface area contributed by atoms with E-state index in [9.17, 15) is 28.8 Å². The van der Waals surface area contributed by atoms with Crippen LogP contribution in [0.1, 0.15) is 122 Å². The molecule has 0 heterocycles. The molecule has 0 rings (SSSR count). The van der Waals surface area contributed by atoms with Gasteiger partial charge < -0.3 is 49.6 Å². The highest BCUT2D eigenvalue weighted by Gasteiger charge is 2.14. The van der Waals surface area contributed by atoms with E-state index in [1.807, 2.05) is 0 Å². The Hall–Kier alpha value is -2.94. The van der Waals surface area contributed by atoms with E-state index in [0.717, 1.165) is 44.8 Å². The van der Waals surface area contributed by atoms with Gasteiger partial charge in [-0.2, -0.15) is 0 Å². The molecule has 0 fully saturated rings. The van der Waals surface area contributed by atoms with Gasteiger partial charge in [0.2, 0.25) is 17.7 Å². The lowest BCUT2D eigenvalue weighted by Crippen LogP contribution is -2.36. The quantitative estimate of drug-likeness (QED) is 0.0536. The second-order valence-electron chi connectivity index (χ2n) is 12.3. The minimum atomic E-state index is -0.703. The minimum absolute atomic E-state index is 0.0372. The highest BCUT2D eigenvalue weighted by Crippen LogP contribution is 2.14. The zero-order chi connectivity index (χ0) is 36.8. The maximum atomic E-state index is 12.4. The molecule has 0 aromatic carbocycles. The molecule has 14 heteroatoms. The summed E-state index contributed by atoms with van der Waals surface area (Å²) in [6.07, 6.45) is 18.5. The maximum Gasteiger partial charge on any atom is 0.303 e. The van der Waals surface area contributed by atoms with Crippen LogP contribution < -0.4 is 16.0 Å². The van der Waals surface area contributed by atoms with Gasteiger partial charge in [0.05, 0.1) is 39.6 Å². The number of hydrogen-bond acceptors (Lipinski definition) is 10. The van der Waals surface area contributed by atoms with Gasteiger partial charge in [0.25, 0.3) is 0 Å². The molecule has 0 aliphatic carbocycles. The fourth-order valence-electron chi connectivity index (χ4n) is 5.05. The first-order chi connectivity index (χ1) is 24.4. The molecule has 0 saturated heterocycles. The number of carbonyl (C=O) groups is 6. The van der Waals surface area contributed by atoms with Crippen molar-refractivity contribution < 1.29 is 52.8 Å². The van der Waals surface area contributed by atoms with Crippen LogP contribution in [0.5, 0.6) is 0 Å².